The van der Waals surface area contributed by atoms with Crippen molar-refractivity contribution in [3.8, 4) is 0 Å². The minimum atomic E-state index is -3.55. The van der Waals surface area contributed by atoms with E-state index >= 15 is 0 Å². The van der Waals surface area contributed by atoms with E-state index in [0.717, 1.165) is 15.6 Å². The largest absolute Gasteiger partial charge is 0.267 e. The molecule has 1 heterocycles. The number of benzene rings is 2. The molecule has 0 bridgehead atoms. The van der Waals surface area contributed by atoms with Gasteiger partial charge in [0.15, 0.2) is 0 Å². The van der Waals surface area contributed by atoms with Gasteiger partial charge in [-0.1, -0.05) is 18.2 Å². The standard InChI is InChI=1S/C17H17NO2S2/c1-3-18(15-8-9-16-14(12-15)10-11-21-16)22(19,20)17-7-5-4-6-13(17)2/h4-12H,3H2,1-2H3. The molecular weight excluding hydrogens is 314 g/mol. The Bertz CT molecular complexity index is 913. The molecule has 1 aromatic heterocycles. The van der Waals surface area contributed by atoms with E-state index in [4.69, 9.17) is 0 Å². The van der Waals surface area contributed by atoms with E-state index in [-0.39, 0.29) is 0 Å². The van der Waals surface area contributed by atoms with Crippen molar-refractivity contribution in [3.63, 3.8) is 0 Å². The fourth-order valence-corrected chi connectivity index (χ4v) is 5.03. The molecule has 0 fully saturated rings. The Balaban J connectivity index is 2.12. The maximum atomic E-state index is 13.0. The summed E-state index contributed by atoms with van der Waals surface area (Å²) in [5, 5.41) is 3.08. The van der Waals surface area contributed by atoms with Crippen molar-refractivity contribution in [2.24, 2.45) is 0 Å². The predicted molar refractivity (Wildman–Crippen MR) is 93.2 cm³/mol. The van der Waals surface area contributed by atoms with E-state index in [2.05, 4.69) is 0 Å². The molecule has 0 saturated carbocycles. The average molecular weight is 331 g/mol. The van der Waals surface area contributed by atoms with Crippen LogP contribution in [0.3, 0.4) is 0 Å². The topological polar surface area (TPSA) is 37.4 Å². The van der Waals surface area contributed by atoms with Crippen molar-refractivity contribution >= 4 is 37.1 Å². The third-order valence-electron chi connectivity index (χ3n) is 3.67. The van der Waals surface area contributed by atoms with Crippen LogP contribution in [-0.2, 0) is 10.0 Å². The summed E-state index contributed by atoms with van der Waals surface area (Å²) >= 11 is 1.65. The Kier molecular flexibility index (Phi) is 3.93. The number of thiophene rings is 1. The summed E-state index contributed by atoms with van der Waals surface area (Å²) < 4.78 is 28.6. The minimum Gasteiger partial charge on any atom is -0.267 e. The van der Waals surface area contributed by atoms with Gasteiger partial charge in [-0.2, -0.15) is 0 Å². The zero-order valence-electron chi connectivity index (χ0n) is 12.5. The highest BCUT2D eigenvalue weighted by Crippen LogP contribution is 2.30. The molecule has 0 unspecified atom stereocenters. The van der Waals surface area contributed by atoms with Gasteiger partial charge >= 0.3 is 0 Å². The average Bonchev–Trinajstić information content (AvgIpc) is 2.95. The summed E-state index contributed by atoms with van der Waals surface area (Å²) in [5.41, 5.74) is 1.47. The van der Waals surface area contributed by atoms with Crippen molar-refractivity contribution in [1.29, 1.82) is 0 Å². The van der Waals surface area contributed by atoms with Gasteiger partial charge < -0.3 is 0 Å². The van der Waals surface area contributed by atoms with E-state index in [1.165, 1.54) is 4.31 Å². The van der Waals surface area contributed by atoms with Crippen LogP contribution in [0.2, 0.25) is 0 Å². The second-order valence-corrected chi connectivity index (χ2v) is 7.86. The van der Waals surface area contributed by atoms with Crippen LogP contribution >= 0.6 is 11.3 Å². The van der Waals surface area contributed by atoms with Gasteiger partial charge in [0.1, 0.15) is 0 Å². The second kappa shape index (κ2) is 5.74. The summed E-state index contributed by atoms with van der Waals surface area (Å²) in [6, 6.07) is 14.9. The Labute approximate surface area is 134 Å². The SMILES string of the molecule is CCN(c1ccc2sccc2c1)S(=O)(=O)c1ccccc1C. The van der Waals surface area contributed by atoms with Gasteiger partial charge in [0.05, 0.1) is 10.6 Å². The first-order valence-corrected chi connectivity index (χ1v) is 9.41. The normalized spacial score (nSPS) is 11.7. The molecule has 0 N–H and O–H groups in total. The zero-order valence-corrected chi connectivity index (χ0v) is 14.1. The Morgan fingerprint density at radius 2 is 1.86 bits per heavy atom. The van der Waals surface area contributed by atoms with Crippen LogP contribution in [0.5, 0.6) is 0 Å². The smallest absolute Gasteiger partial charge is 0.264 e. The van der Waals surface area contributed by atoms with E-state index in [1.54, 1.807) is 23.5 Å². The molecule has 5 heteroatoms. The van der Waals surface area contributed by atoms with Gasteiger partial charge in [0.2, 0.25) is 0 Å². The summed E-state index contributed by atoms with van der Waals surface area (Å²) in [7, 11) is -3.55. The highest BCUT2D eigenvalue weighted by molar-refractivity contribution is 7.92. The molecule has 3 rings (SSSR count). The minimum absolute atomic E-state index is 0.363. The molecule has 0 atom stereocenters. The van der Waals surface area contributed by atoms with Crippen molar-refractivity contribution in [3.05, 3.63) is 59.5 Å². The number of hydrogen-bond acceptors (Lipinski definition) is 3. The van der Waals surface area contributed by atoms with Crippen LogP contribution in [-0.4, -0.2) is 15.0 Å². The molecular formula is C17H17NO2S2. The van der Waals surface area contributed by atoms with Crippen LogP contribution in [0.4, 0.5) is 5.69 Å². The number of nitrogens with zero attached hydrogens (tertiary/aromatic N) is 1. The molecule has 0 aliphatic carbocycles. The maximum absolute atomic E-state index is 13.0. The third kappa shape index (κ3) is 2.51. The molecule has 0 amide bonds. The van der Waals surface area contributed by atoms with Crippen molar-refractivity contribution in [1.82, 2.24) is 0 Å². The van der Waals surface area contributed by atoms with E-state index < -0.39 is 10.0 Å². The monoisotopic (exact) mass is 331 g/mol. The van der Waals surface area contributed by atoms with Gasteiger partial charge in [-0.3, -0.25) is 4.31 Å². The van der Waals surface area contributed by atoms with Crippen LogP contribution in [0.15, 0.2) is 58.8 Å². The molecule has 0 aliphatic heterocycles. The van der Waals surface area contributed by atoms with E-state index in [9.17, 15) is 8.42 Å². The van der Waals surface area contributed by atoms with E-state index in [1.807, 2.05) is 55.6 Å². The first kappa shape index (κ1) is 15.1. The third-order valence-corrected chi connectivity index (χ3v) is 6.63. The lowest BCUT2D eigenvalue weighted by molar-refractivity contribution is 0.591. The fourth-order valence-electron chi connectivity index (χ4n) is 2.57. The molecule has 114 valence electrons. The van der Waals surface area contributed by atoms with Gasteiger partial charge in [0.25, 0.3) is 10.0 Å². The number of anilines is 1. The molecule has 0 saturated heterocycles. The van der Waals surface area contributed by atoms with Crippen LogP contribution in [0, 0.1) is 6.92 Å². The molecule has 0 aliphatic rings. The molecule has 2 aromatic carbocycles. The summed E-state index contributed by atoms with van der Waals surface area (Å²) in [6.45, 7) is 4.07. The number of rotatable bonds is 4. The number of sulfonamides is 1. The van der Waals surface area contributed by atoms with E-state index in [0.29, 0.717) is 17.1 Å². The second-order valence-electron chi connectivity index (χ2n) is 5.08. The first-order chi connectivity index (χ1) is 10.5. The Hall–Kier alpha value is -1.85. The lowest BCUT2D eigenvalue weighted by Crippen LogP contribution is -2.31. The number of fused-ring (bicyclic) bond motifs is 1. The number of hydrogen-bond donors (Lipinski definition) is 0. The molecule has 22 heavy (non-hydrogen) atoms. The van der Waals surface area contributed by atoms with Gasteiger partial charge in [-0.15, -0.1) is 11.3 Å². The molecule has 3 aromatic rings. The fraction of sp³-hybridized carbons (Fsp3) is 0.176. The highest BCUT2D eigenvalue weighted by atomic mass is 32.2. The molecule has 3 nitrogen and oxygen atoms in total. The number of aryl methyl sites for hydroxylation is 1. The molecule has 0 spiro atoms. The Morgan fingerprint density at radius 1 is 1.09 bits per heavy atom. The van der Waals surface area contributed by atoms with Gasteiger partial charge in [-0.05, 0) is 60.5 Å². The lowest BCUT2D eigenvalue weighted by atomic mass is 10.2. The highest BCUT2D eigenvalue weighted by Gasteiger charge is 2.25. The van der Waals surface area contributed by atoms with Crippen molar-refractivity contribution < 1.29 is 8.42 Å². The lowest BCUT2D eigenvalue weighted by Gasteiger charge is -2.24. The van der Waals surface area contributed by atoms with Gasteiger partial charge in [0, 0.05) is 11.2 Å². The Morgan fingerprint density at radius 3 is 2.59 bits per heavy atom. The van der Waals surface area contributed by atoms with Crippen LogP contribution in [0.1, 0.15) is 12.5 Å². The first-order valence-electron chi connectivity index (χ1n) is 7.09. The quantitative estimate of drug-likeness (QED) is 0.709. The molecule has 0 radical (unpaired) electrons. The van der Waals surface area contributed by atoms with Crippen molar-refractivity contribution in [2.45, 2.75) is 18.7 Å². The summed E-state index contributed by atoms with van der Waals surface area (Å²) in [6.07, 6.45) is 0. The predicted octanol–water partition coefficient (Wildman–Crippen LogP) is 4.42. The zero-order chi connectivity index (χ0) is 15.7. The van der Waals surface area contributed by atoms with Gasteiger partial charge in [-0.25, -0.2) is 8.42 Å². The maximum Gasteiger partial charge on any atom is 0.264 e. The van der Waals surface area contributed by atoms with Crippen molar-refractivity contribution in [2.75, 3.05) is 10.8 Å². The van der Waals surface area contributed by atoms with Crippen LogP contribution < -0.4 is 4.31 Å². The summed E-state index contributed by atoms with van der Waals surface area (Å²) in [5.74, 6) is 0. The summed E-state index contributed by atoms with van der Waals surface area (Å²) in [4.78, 5) is 0.363. The van der Waals surface area contributed by atoms with Crippen LogP contribution in [0.25, 0.3) is 10.1 Å².